The number of carbonyl (C=O) groups is 1. The number of hydrogen-bond acceptors (Lipinski definition) is 3. The minimum Gasteiger partial charge on any atom is -0.468 e. The summed E-state index contributed by atoms with van der Waals surface area (Å²) in [6, 6.07) is 28.0. The molecule has 0 fully saturated rings. The zero-order valence-corrected chi connectivity index (χ0v) is 16.4. The number of benzene rings is 3. The van der Waals surface area contributed by atoms with Gasteiger partial charge < -0.3 is 9.30 Å². The summed E-state index contributed by atoms with van der Waals surface area (Å²) < 4.78 is 7.28. The Morgan fingerprint density at radius 2 is 1.59 bits per heavy atom. The van der Waals surface area contributed by atoms with Crippen LogP contribution < -0.4 is 5.32 Å². The first-order valence-corrected chi connectivity index (χ1v) is 9.73. The van der Waals surface area contributed by atoms with Crippen LogP contribution in [0.25, 0.3) is 10.9 Å². The zero-order chi connectivity index (χ0) is 20.1. The molecule has 0 bridgehead atoms. The Labute approximate surface area is 170 Å². The number of nitrogens with one attached hydrogen (secondary N) is 1. The van der Waals surface area contributed by atoms with Gasteiger partial charge >= 0.3 is 5.97 Å². The van der Waals surface area contributed by atoms with Gasteiger partial charge in [-0.05, 0) is 22.8 Å². The van der Waals surface area contributed by atoms with Gasteiger partial charge in [-0.3, -0.25) is 5.32 Å². The van der Waals surface area contributed by atoms with Crippen molar-refractivity contribution in [3.63, 3.8) is 0 Å². The van der Waals surface area contributed by atoms with E-state index in [-0.39, 0.29) is 5.97 Å². The van der Waals surface area contributed by atoms with E-state index in [1.807, 2.05) is 42.5 Å². The molecule has 0 radical (unpaired) electrons. The van der Waals surface area contributed by atoms with Crippen LogP contribution >= 0.6 is 0 Å². The van der Waals surface area contributed by atoms with Crippen molar-refractivity contribution in [2.75, 3.05) is 7.11 Å². The molecule has 0 saturated heterocycles. The fourth-order valence-electron chi connectivity index (χ4n) is 3.69. The molecule has 4 aromatic rings. The van der Waals surface area contributed by atoms with Crippen LogP contribution in [0.1, 0.15) is 22.7 Å². The molecular formula is C25H24N2O2. The Bertz CT molecular complexity index is 1090. The highest BCUT2D eigenvalue weighted by molar-refractivity contribution is 5.84. The third-order valence-corrected chi connectivity index (χ3v) is 5.13. The van der Waals surface area contributed by atoms with Gasteiger partial charge in [0.15, 0.2) is 0 Å². The van der Waals surface area contributed by atoms with Crippen LogP contribution in [0.2, 0.25) is 0 Å². The van der Waals surface area contributed by atoms with Crippen LogP contribution in [0.3, 0.4) is 0 Å². The molecule has 146 valence electrons. The first-order valence-electron chi connectivity index (χ1n) is 9.73. The number of carbonyl (C=O) groups excluding carboxylic acids is 1. The summed E-state index contributed by atoms with van der Waals surface area (Å²) >= 11 is 0. The van der Waals surface area contributed by atoms with Crippen molar-refractivity contribution in [3.8, 4) is 0 Å². The van der Waals surface area contributed by atoms with Crippen molar-refractivity contribution in [1.29, 1.82) is 0 Å². The van der Waals surface area contributed by atoms with E-state index in [4.69, 9.17) is 4.74 Å². The van der Waals surface area contributed by atoms with E-state index in [1.165, 1.54) is 23.6 Å². The molecule has 0 amide bonds. The van der Waals surface area contributed by atoms with Crippen molar-refractivity contribution < 1.29 is 9.53 Å². The maximum absolute atomic E-state index is 12.4. The van der Waals surface area contributed by atoms with E-state index in [2.05, 4.69) is 58.5 Å². The zero-order valence-electron chi connectivity index (χ0n) is 16.4. The lowest BCUT2D eigenvalue weighted by atomic mass is 10.1. The largest absolute Gasteiger partial charge is 0.468 e. The smallest absolute Gasteiger partial charge is 0.327 e. The highest BCUT2D eigenvalue weighted by Crippen LogP contribution is 2.24. The molecule has 0 aliphatic heterocycles. The number of fused-ring (bicyclic) bond motifs is 1. The molecule has 3 aromatic carbocycles. The topological polar surface area (TPSA) is 43.3 Å². The Morgan fingerprint density at radius 1 is 0.931 bits per heavy atom. The van der Waals surface area contributed by atoms with Crippen molar-refractivity contribution in [3.05, 3.63) is 108 Å². The second kappa shape index (κ2) is 8.76. The maximum atomic E-state index is 12.4. The molecule has 0 unspecified atom stereocenters. The molecule has 1 aromatic heterocycles. The average molecular weight is 384 g/mol. The van der Waals surface area contributed by atoms with Crippen LogP contribution in [-0.4, -0.2) is 17.6 Å². The third-order valence-electron chi connectivity index (χ3n) is 5.13. The third kappa shape index (κ3) is 4.23. The van der Waals surface area contributed by atoms with Crippen molar-refractivity contribution in [2.24, 2.45) is 0 Å². The Hall–Kier alpha value is -3.37. The van der Waals surface area contributed by atoms with Crippen LogP contribution in [0.15, 0.2) is 91.1 Å². The van der Waals surface area contributed by atoms with E-state index in [0.29, 0.717) is 6.54 Å². The molecule has 4 heteroatoms. The summed E-state index contributed by atoms with van der Waals surface area (Å²) in [5, 5.41) is 4.57. The van der Waals surface area contributed by atoms with E-state index in [9.17, 15) is 4.79 Å². The molecule has 29 heavy (non-hydrogen) atoms. The summed E-state index contributed by atoms with van der Waals surface area (Å²) in [6.07, 6.45) is 2.17. The SMILES string of the molecule is COC(=O)[C@@H](NCc1cn(Cc2ccccc2)c2ccccc12)c1ccccc1. The monoisotopic (exact) mass is 384 g/mol. The number of hydrogen-bond donors (Lipinski definition) is 1. The second-order valence-corrected chi connectivity index (χ2v) is 7.03. The number of aromatic nitrogens is 1. The van der Waals surface area contributed by atoms with E-state index in [0.717, 1.165) is 17.7 Å². The number of rotatable bonds is 7. The van der Waals surface area contributed by atoms with Gasteiger partial charge in [-0.2, -0.15) is 0 Å². The van der Waals surface area contributed by atoms with Crippen LogP contribution in [0, 0.1) is 0 Å². The summed E-state index contributed by atoms with van der Waals surface area (Å²) in [6.45, 7) is 1.37. The molecule has 0 spiro atoms. The predicted octanol–water partition coefficient (Wildman–Crippen LogP) is 4.69. The lowest BCUT2D eigenvalue weighted by molar-refractivity contribution is -0.143. The summed E-state index contributed by atoms with van der Waals surface area (Å²) in [7, 11) is 1.42. The van der Waals surface area contributed by atoms with Crippen LogP contribution in [0.4, 0.5) is 0 Å². The van der Waals surface area contributed by atoms with Gasteiger partial charge in [0, 0.05) is 30.2 Å². The van der Waals surface area contributed by atoms with Gasteiger partial charge in [-0.1, -0.05) is 78.9 Å². The second-order valence-electron chi connectivity index (χ2n) is 7.03. The number of para-hydroxylation sites is 1. The maximum Gasteiger partial charge on any atom is 0.327 e. The molecule has 1 N–H and O–H groups in total. The van der Waals surface area contributed by atoms with Gasteiger partial charge in [-0.15, -0.1) is 0 Å². The lowest BCUT2D eigenvalue weighted by Crippen LogP contribution is -2.29. The normalized spacial score (nSPS) is 12.0. The lowest BCUT2D eigenvalue weighted by Gasteiger charge is -2.16. The number of esters is 1. The molecule has 0 saturated carbocycles. The Morgan fingerprint density at radius 3 is 2.31 bits per heavy atom. The number of methoxy groups -OCH3 is 1. The summed E-state index contributed by atoms with van der Waals surface area (Å²) in [5.41, 5.74) is 4.49. The minimum absolute atomic E-state index is 0.288. The molecule has 4 rings (SSSR count). The average Bonchev–Trinajstić information content (AvgIpc) is 3.12. The van der Waals surface area contributed by atoms with Crippen LogP contribution in [-0.2, 0) is 22.6 Å². The van der Waals surface area contributed by atoms with Gasteiger partial charge in [-0.25, -0.2) is 4.79 Å². The first-order chi connectivity index (χ1) is 14.3. The fourth-order valence-corrected chi connectivity index (χ4v) is 3.69. The minimum atomic E-state index is -0.502. The van der Waals surface area contributed by atoms with Crippen molar-refractivity contribution in [1.82, 2.24) is 9.88 Å². The standard InChI is InChI=1S/C25H24N2O2/c1-29-25(28)24(20-12-6-3-7-13-20)26-16-21-18-27(17-19-10-4-2-5-11-19)23-15-9-8-14-22(21)23/h2-15,18,24,26H,16-17H2,1H3/t24-/m0/s1. The fraction of sp³-hybridized carbons (Fsp3) is 0.160. The molecule has 1 heterocycles. The van der Waals surface area contributed by atoms with Gasteiger partial charge in [0.1, 0.15) is 6.04 Å². The van der Waals surface area contributed by atoms with E-state index in [1.54, 1.807) is 0 Å². The summed E-state index contributed by atoms with van der Waals surface area (Å²) in [5.74, 6) is -0.288. The highest BCUT2D eigenvalue weighted by atomic mass is 16.5. The van der Waals surface area contributed by atoms with Crippen molar-refractivity contribution in [2.45, 2.75) is 19.1 Å². The van der Waals surface area contributed by atoms with Gasteiger partial charge in [0.25, 0.3) is 0 Å². The predicted molar refractivity (Wildman–Crippen MR) is 116 cm³/mol. The van der Waals surface area contributed by atoms with E-state index < -0.39 is 6.04 Å². The molecule has 0 aliphatic carbocycles. The summed E-state index contributed by atoms with van der Waals surface area (Å²) in [4.78, 5) is 12.4. The number of ether oxygens (including phenoxy) is 1. The quantitative estimate of drug-likeness (QED) is 0.470. The van der Waals surface area contributed by atoms with Crippen LogP contribution in [0.5, 0.6) is 0 Å². The van der Waals surface area contributed by atoms with Gasteiger partial charge in [0.05, 0.1) is 7.11 Å². The number of nitrogens with zero attached hydrogens (tertiary/aromatic N) is 1. The Balaban J connectivity index is 1.61. The molecule has 0 aliphatic rings. The molecule has 4 nitrogen and oxygen atoms in total. The first kappa shape index (κ1) is 19.0. The highest BCUT2D eigenvalue weighted by Gasteiger charge is 2.21. The van der Waals surface area contributed by atoms with E-state index >= 15 is 0 Å². The van der Waals surface area contributed by atoms with Gasteiger partial charge in [0.2, 0.25) is 0 Å². The molecule has 1 atom stereocenters. The molecular weight excluding hydrogens is 360 g/mol. The van der Waals surface area contributed by atoms with Crippen molar-refractivity contribution >= 4 is 16.9 Å². The Kier molecular flexibility index (Phi) is 5.73.